The van der Waals surface area contributed by atoms with Crippen LogP contribution in [0, 0.1) is 12.8 Å². The number of amides is 2. The number of aromatic nitrogens is 1. The Morgan fingerprint density at radius 1 is 1.43 bits per heavy atom. The summed E-state index contributed by atoms with van der Waals surface area (Å²) in [7, 11) is 0. The highest BCUT2D eigenvalue weighted by molar-refractivity contribution is 7.12. The molecule has 0 spiro atoms. The van der Waals surface area contributed by atoms with Crippen LogP contribution in [0.5, 0.6) is 0 Å². The molecular formula is C16H21N3O3S. The van der Waals surface area contributed by atoms with E-state index >= 15 is 0 Å². The fourth-order valence-corrected chi connectivity index (χ4v) is 2.69. The van der Waals surface area contributed by atoms with Gasteiger partial charge in [-0.3, -0.25) is 9.59 Å². The van der Waals surface area contributed by atoms with Crippen LogP contribution in [0.15, 0.2) is 28.1 Å². The lowest BCUT2D eigenvalue weighted by Gasteiger charge is -2.22. The van der Waals surface area contributed by atoms with Crippen molar-refractivity contribution in [3.63, 3.8) is 0 Å². The summed E-state index contributed by atoms with van der Waals surface area (Å²) in [5.41, 5.74) is 0. The third-order valence-corrected chi connectivity index (χ3v) is 4.08. The molecule has 0 saturated carbocycles. The summed E-state index contributed by atoms with van der Waals surface area (Å²) in [4.78, 5) is 26.9. The SMILES string of the molecule is Cc1cc(NC(=O)CN(CCC(C)C)C(=O)c2cccs2)no1. The smallest absolute Gasteiger partial charge is 0.264 e. The maximum Gasteiger partial charge on any atom is 0.264 e. The van der Waals surface area contributed by atoms with Crippen molar-refractivity contribution in [3.8, 4) is 0 Å². The van der Waals surface area contributed by atoms with Crippen molar-refractivity contribution >= 4 is 29.0 Å². The molecule has 2 aromatic rings. The van der Waals surface area contributed by atoms with Crippen molar-refractivity contribution in [2.24, 2.45) is 5.92 Å². The topological polar surface area (TPSA) is 75.4 Å². The minimum Gasteiger partial charge on any atom is -0.360 e. The van der Waals surface area contributed by atoms with Gasteiger partial charge < -0.3 is 14.7 Å². The van der Waals surface area contributed by atoms with Gasteiger partial charge in [0.2, 0.25) is 5.91 Å². The molecule has 0 bridgehead atoms. The van der Waals surface area contributed by atoms with Crippen LogP contribution >= 0.6 is 11.3 Å². The molecule has 2 rings (SSSR count). The minimum absolute atomic E-state index is 0.00460. The number of carbonyl (C=O) groups is 2. The standard InChI is InChI=1S/C16H21N3O3S/c1-11(2)6-7-19(16(21)13-5-4-8-23-13)10-15(20)17-14-9-12(3)22-18-14/h4-5,8-9,11H,6-7,10H2,1-3H3,(H,17,18,20). The number of hydrogen-bond acceptors (Lipinski definition) is 5. The van der Waals surface area contributed by atoms with Crippen LogP contribution in [0.1, 0.15) is 35.7 Å². The normalized spacial score (nSPS) is 10.8. The summed E-state index contributed by atoms with van der Waals surface area (Å²) < 4.78 is 4.91. The highest BCUT2D eigenvalue weighted by Gasteiger charge is 2.20. The second-order valence-electron chi connectivity index (χ2n) is 5.76. The first kappa shape index (κ1) is 17.2. The van der Waals surface area contributed by atoms with E-state index in [-0.39, 0.29) is 18.4 Å². The van der Waals surface area contributed by atoms with Crippen LogP contribution in [0.4, 0.5) is 5.82 Å². The average molecular weight is 335 g/mol. The number of nitrogens with one attached hydrogen (secondary N) is 1. The minimum atomic E-state index is -0.285. The molecule has 0 atom stereocenters. The predicted octanol–water partition coefficient (Wildman–Crippen LogP) is 3.17. The largest absolute Gasteiger partial charge is 0.360 e. The summed E-state index contributed by atoms with van der Waals surface area (Å²) in [5.74, 6) is 1.03. The van der Waals surface area contributed by atoms with Gasteiger partial charge in [-0.15, -0.1) is 11.3 Å². The second kappa shape index (κ2) is 7.92. The van der Waals surface area contributed by atoms with E-state index in [1.165, 1.54) is 11.3 Å². The Balaban J connectivity index is 2.01. The molecule has 124 valence electrons. The van der Waals surface area contributed by atoms with Gasteiger partial charge in [-0.25, -0.2) is 0 Å². The summed E-state index contributed by atoms with van der Waals surface area (Å²) >= 11 is 1.38. The second-order valence-corrected chi connectivity index (χ2v) is 6.71. The van der Waals surface area contributed by atoms with Gasteiger partial charge in [0.05, 0.1) is 4.88 Å². The van der Waals surface area contributed by atoms with Gasteiger partial charge in [-0.05, 0) is 30.7 Å². The van der Waals surface area contributed by atoms with Gasteiger partial charge in [-0.2, -0.15) is 0 Å². The van der Waals surface area contributed by atoms with E-state index in [1.54, 1.807) is 24.0 Å². The van der Waals surface area contributed by atoms with E-state index in [2.05, 4.69) is 24.3 Å². The summed E-state index contributed by atoms with van der Waals surface area (Å²) in [5, 5.41) is 8.22. The zero-order valence-electron chi connectivity index (χ0n) is 13.5. The first-order chi connectivity index (χ1) is 11.0. The van der Waals surface area contributed by atoms with Crippen LogP contribution in [0.2, 0.25) is 0 Å². The molecule has 7 heteroatoms. The van der Waals surface area contributed by atoms with E-state index in [0.29, 0.717) is 28.9 Å². The van der Waals surface area contributed by atoms with Crippen molar-refractivity contribution < 1.29 is 14.1 Å². The fraction of sp³-hybridized carbons (Fsp3) is 0.438. The summed E-state index contributed by atoms with van der Waals surface area (Å²) in [6.07, 6.45) is 0.841. The number of thiophene rings is 1. The van der Waals surface area contributed by atoms with E-state index in [9.17, 15) is 9.59 Å². The lowest BCUT2D eigenvalue weighted by Crippen LogP contribution is -2.38. The van der Waals surface area contributed by atoms with Gasteiger partial charge in [0.15, 0.2) is 5.82 Å². The number of carbonyl (C=O) groups excluding carboxylic acids is 2. The maximum absolute atomic E-state index is 12.5. The van der Waals surface area contributed by atoms with Crippen molar-refractivity contribution in [1.82, 2.24) is 10.1 Å². The van der Waals surface area contributed by atoms with Crippen molar-refractivity contribution in [2.45, 2.75) is 27.2 Å². The number of anilines is 1. The third-order valence-electron chi connectivity index (χ3n) is 3.23. The Morgan fingerprint density at radius 2 is 2.22 bits per heavy atom. The molecule has 0 unspecified atom stereocenters. The van der Waals surface area contributed by atoms with Gasteiger partial charge in [0.1, 0.15) is 12.3 Å². The van der Waals surface area contributed by atoms with Crippen LogP contribution < -0.4 is 5.32 Å². The number of nitrogens with zero attached hydrogens (tertiary/aromatic N) is 2. The number of aryl methyl sites for hydroxylation is 1. The first-order valence-electron chi connectivity index (χ1n) is 7.51. The zero-order chi connectivity index (χ0) is 16.8. The zero-order valence-corrected chi connectivity index (χ0v) is 14.4. The van der Waals surface area contributed by atoms with Gasteiger partial charge in [0, 0.05) is 12.6 Å². The van der Waals surface area contributed by atoms with E-state index in [0.717, 1.165) is 6.42 Å². The van der Waals surface area contributed by atoms with Crippen molar-refractivity contribution in [3.05, 3.63) is 34.2 Å². The Morgan fingerprint density at radius 3 is 2.78 bits per heavy atom. The molecule has 23 heavy (non-hydrogen) atoms. The molecule has 2 heterocycles. The fourth-order valence-electron chi connectivity index (χ4n) is 2.00. The highest BCUT2D eigenvalue weighted by Crippen LogP contribution is 2.14. The summed E-state index contributed by atoms with van der Waals surface area (Å²) in [6.45, 7) is 6.46. The quantitative estimate of drug-likeness (QED) is 0.843. The molecule has 2 amide bonds. The average Bonchev–Trinajstić information content (AvgIpc) is 3.14. The molecule has 0 fully saturated rings. The van der Waals surface area contributed by atoms with Crippen LogP contribution in [0.3, 0.4) is 0 Å². The molecule has 2 aromatic heterocycles. The number of rotatable bonds is 7. The monoisotopic (exact) mass is 335 g/mol. The lowest BCUT2D eigenvalue weighted by atomic mass is 10.1. The van der Waals surface area contributed by atoms with E-state index in [4.69, 9.17) is 4.52 Å². The van der Waals surface area contributed by atoms with Crippen LogP contribution in [0.25, 0.3) is 0 Å². The first-order valence-corrected chi connectivity index (χ1v) is 8.39. The summed E-state index contributed by atoms with van der Waals surface area (Å²) in [6, 6.07) is 5.24. The van der Waals surface area contributed by atoms with Crippen LogP contribution in [-0.2, 0) is 4.79 Å². The Kier molecular flexibility index (Phi) is 5.92. The Bertz CT molecular complexity index is 649. The van der Waals surface area contributed by atoms with E-state index in [1.807, 2.05) is 11.4 Å². The Hall–Kier alpha value is -2.15. The molecule has 0 aliphatic carbocycles. The third kappa shape index (κ3) is 5.21. The van der Waals surface area contributed by atoms with Gasteiger partial charge >= 0.3 is 0 Å². The molecule has 0 radical (unpaired) electrons. The lowest BCUT2D eigenvalue weighted by molar-refractivity contribution is -0.117. The van der Waals surface area contributed by atoms with Crippen LogP contribution in [-0.4, -0.2) is 35.0 Å². The predicted molar refractivity (Wildman–Crippen MR) is 89.5 cm³/mol. The molecule has 0 saturated heterocycles. The van der Waals surface area contributed by atoms with Crippen molar-refractivity contribution in [1.29, 1.82) is 0 Å². The maximum atomic E-state index is 12.5. The van der Waals surface area contributed by atoms with Gasteiger partial charge in [-0.1, -0.05) is 25.1 Å². The van der Waals surface area contributed by atoms with Gasteiger partial charge in [0.25, 0.3) is 5.91 Å². The molecule has 0 aromatic carbocycles. The molecule has 1 N–H and O–H groups in total. The molecule has 0 aliphatic rings. The highest BCUT2D eigenvalue weighted by atomic mass is 32.1. The molecule has 6 nitrogen and oxygen atoms in total. The molecule has 0 aliphatic heterocycles. The number of hydrogen-bond donors (Lipinski definition) is 1. The molecular weight excluding hydrogens is 314 g/mol. The Labute approximate surface area is 139 Å². The van der Waals surface area contributed by atoms with Crippen molar-refractivity contribution in [2.75, 3.05) is 18.4 Å². The van der Waals surface area contributed by atoms with E-state index < -0.39 is 0 Å².